The van der Waals surface area contributed by atoms with Crippen molar-refractivity contribution in [2.24, 2.45) is 5.92 Å². The van der Waals surface area contributed by atoms with E-state index in [9.17, 15) is 9.59 Å². The molecule has 2 aromatic rings. The second-order valence-corrected chi connectivity index (χ2v) is 7.40. The molecule has 1 heterocycles. The van der Waals surface area contributed by atoms with Gasteiger partial charge in [0, 0.05) is 17.0 Å². The maximum absolute atomic E-state index is 12.5. The molecule has 1 aromatic carbocycles. The average molecular weight is 356 g/mol. The maximum atomic E-state index is 12.5. The molecule has 0 aliphatic carbocycles. The van der Waals surface area contributed by atoms with Crippen molar-refractivity contribution in [3.05, 3.63) is 63.0 Å². The first kappa shape index (κ1) is 18.9. The summed E-state index contributed by atoms with van der Waals surface area (Å²) >= 11 is 1.54. The molecule has 0 spiro atoms. The van der Waals surface area contributed by atoms with Crippen LogP contribution in [0.3, 0.4) is 0 Å². The zero-order chi connectivity index (χ0) is 18.4. The van der Waals surface area contributed by atoms with Gasteiger partial charge in [0.2, 0.25) is 0 Å². The molecule has 132 valence electrons. The van der Waals surface area contributed by atoms with Crippen LogP contribution < -0.4 is 10.6 Å². The smallest absolute Gasteiger partial charge is 0.267 e. The number of thiophene rings is 1. The van der Waals surface area contributed by atoms with Crippen LogP contribution in [0.25, 0.3) is 6.08 Å². The Labute approximate surface area is 153 Å². The van der Waals surface area contributed by atoms with Crippen molar-refractivity contribution in [3.8, 4) is 0 Å². The van der Waals surface area contributed by atoms with Crippen molar-refractivity contribution in [3.63, 3.8) is 0 Å². The van der Waals surface area contributed by atoms with Gasteiger partial charge in [0.1, 0.15) is 5.70 Å². The quantitative estimate of drug-likeness (QED) is 0.771. The fourth-order valence-corrected chi connectivity index (χ4v) is 2.97. The lowest BCUT2D eigenvalue weighted by atomic mass is 10.1. The third kappa shape index (κ3) is 5.57. The van der Waals surface area contributed by atoms with Gasteiger partial charge in [0.15, 0.2) is 0 Å². The van der Waals surface area contributed by atoms with Gasteiger partial charge in [0.05, 0.1) is 0 Å². The minimum absolute atomic E-state index is 0.261. The molecule has 0 saturated carbocycles. The molecular formula is C20H24N2O2S. The highest BCUT2D eigenvalue weighted by Gasteiger charge is 2.15. The minimum Gasteiger partial charge on any atom is -0.351 e. The number of rotatable bonds is 6. The van der Waals surface area contributed by atoms with E-state index in [1.807, 2.05) is 51.3 Å². The summed E-state index contributed by atoms with van der Waals surface area (Å²) in [7, 11) is 0. The van der Waals surface area contributed by atoms with Crippen molar-refractivity contribution in [2.45, 2.75) is 27.7 Å². The molecule has 0 unspecified atom stereocenters. The largest absolute Gasteiger partial charge is 0.351 e. The summed E-state index contributed by atoms with van der Waals surface area (Å²) in [4.78, 5) is 26.0. The van der Waals surface area contributed by atoms with E-state index in [4.69, 9.17) is 0 Å². The number of nitrogens with one attached hydrogen (secondary N) is 2. The van der Waals surface area contributed by atoms with Crippen molar-refractivity contribution < 1.29 is 9.59 Å². The Bertz CT molecular complexity index is 773. The minimum atomic E-state index is -0.292. The first-order valence-corrected chi connectivity index (χ1v) is 9.16. The third-order valence-electron chi connectivity index (χ3n) is 3.65. The lowest BCUT2D eigenvalue weighted by molar-refractivity contribution is -0.117. The Kier molecular flexibility index (Phi) is 6.53. The molecule has 0 atom stereocenters. The summed E-state index contributed by atoms with van der Waals surface area (Å²) in [5.41, 5.74) is 2.94. The highest BCUT2D eigenvalue weighted by atomic mass is 32.1. The van der Waals surface area contributed by atoms with Gasteiger partial charge in [-0.05, 0) is 55.0 Å². The number of hydrogen-bond acceptors (Lipinski definition) is 3. The van der Waals surface area contributed by atoms with E-state index in [1.165, 1.54) is 11.3 Å². The van der Waals surface area contributed by atoms with Crippen LogP contribution in [0.15, 0.2) is 41.4 Å². The molecule has 0 bridgehead atoms. The Hall–Kier alpha value is -2.40. The second-order valence-electron chi connectivity index (χ2n) is 6.45. The molecule has 0 radical (unpaired) electrons. The predicted octanol–water partition coefficient (Wildman–Crippen LogP) is 3.91. The van der Waals surface area contributed by atoms with E-state index in [0.29, 0.717) is 18.0 Å². The standard InChI is InChI=1S/C20H24N2O2S/c1-13(2)12-21-20(24)17(11-18-15(4)9-10-25-18)22-19(23)16-7-5-14(3)6-8-16/h5-11,13H,12H2,1-4H3,(H,21,24)(H,22,23)/b17-11-. The monoisotopic (exact) mass is 356 g/mol. The first-order valence-electron chi connectivity index (χ1n) is 8.29. The number of benzene rings is 1. The summed E-state index contributed by atoms with van der Waals surface area (Å²) < 4.78 is 0. The zero-order valence-electron chi connectivity index (χ0n) is 15.1. The Balaban J connectivity index is 2.23. The highest BCUT2D eigenvalue weighted by Crippen LogP contribution is 2.19. The summed E-state index contributed by atoms with van der Waals surface area (Å²) in [6, 6.07) is 9.25. The van der Waals surface area contributed by atoms with E-state index in [2.05, 4.69) is 10.6 Å². The molecule has 0 fully saturated rings. The Morgan fingerprint density at radius 3 is 2.36 bits per heavy atom. The third-order valence-corrected chi connectivity index (χ3v) is 4.62. The lowest BCUT2D eigenvalue weighted by Crippen LogP contribution is -2.36. The lowest BCUT2D eigenvalue weighted by Gasteiger charge is -2.12. The molecule has 0 aliphatic rings. The molecule has 4 nitrogen and oxygen atoms in total. The van der Waals surface area contributed by atoms with Crippen LogP contribution in [-0.2, 0) is 4.79 Å². The van der Waals surface area contributed by atoms with E-state index < -0.39 is 0 Å². The predicted molar refractivity (Wildman–Crippen MR) is 104 cm³/mol. The maximum Gasteiger partial charge on any atom is 0.267 e. The molecule has 5 heteroatoms. The van der Waals surface area contributed by atoms with Crippen molar-refractivity contribution in [1.29, 1.82) is 0 Å². The number of carbonyl (C=O) groups is 2. The van der Waals surface area contributed by atoms with E-state index in [1.54, 1.807) is 18.2 Å². The van der Waals surface area contributed by atoms with Gasteiger partial charge in [-0.1, -0.05) is 31.5 Å². The van der Waals surface area contributed by atoms with Gasteiger partial charge in [-0.2, -0.15) is 0 Å². The fraction of sp³-hybridized carbons (Fsp3) is 0.300. The fourth-order valence-electron chi connectivity index (χ4n) is 2.11. The molecule has 2 rings (SSSR count). The van der Waals surface area contributed by atoms with Crippen LogP contribution in [0.4, 0.5) is 0 Å². The van der Waals surface area contributed by atoms with Crippen LogP contribution in [0.1, 0.15) is 40.2 Å². The zero-order valence-corrected chi connectivity index (χ0v) is 15.9. The summed E-state index contributed by atoms with van der Waals surface area (Å²) in [6.07, 6.45) is 1.74. The van der Waals surface area contributed by atoms with Gasteiger partial charge in [0.25, 0.3) is 11.8 Å². The molecule has 0 saturated heterocycles. The summed E-state index contributed by atoms with van der Waals surface area (Å²) in [5.74, 6) is -0.233. The van der Waals surface area contributed by atoms with Crippen LogP contribution in [-0.4, -0.2) is 18.4 Å². The highest BCUT2D eigenvalue weighted by molar-refractivity contribution is 7.11. The number of amides is 2. The van der Waals surface area contributed by atoms with Gasteiger partial charge >= 0.3 is 0 Å². The number of carbonyl (C=O) groups excluding carboxylic acids is 2. The molecule has 2 N–H and O–H groups in total. The first-order chi connectivity index (χ1) is 11.9. The van der Waals surface area contributed by atoms with Gasteiger partial charge in [-0.15, -0.1) is 11.3 Å². The molecule has 25 heavy (non-hydrogen) atoms. The SMILES string of the molecule is Cc1ccc(C(=O)N/C(=C\c2sccc2C)C(=O)NCC(C)C)cc1. The Morgan fingerprint density at radius 2 is 1.80 bits per heavy atom. The molecular weight excluding hydrogens is 332 g/mol. The summed E-state index contributed by atoms with van der Waals surface area (Å²) in [6.45, 7) is 8.55. The van der Waals surface area contributed by atoms with E-state index in [-0.39, 0.29) is 17.5 Å². The van der Waals surface area contributed by atoms with E-state index in [0.717, 1.165) is 16.0 Å². The van der Waals surface area contributed by atoms with Crippen molar-refractivity contribution in [2.75, 3.05) is 6.54 Å². The van der Waals surface area contributed by atoms with Crippen molar-refractivity contribution in [1.82, 2.24) is 10.6 Å². The van der Waals surface area contributed by atoms with Crippen LogP contribution in [0.5, 0.6) is 0 Å². The molecule has 0 aliphatic heterocycles. The molecule has 1 aromatic heterocycles. The van der Waals surface area contributed by atoms with Gasteiger partial charge in [-0.25, -0.2) is 0 Å². The Morgan fingerprint density at radius 1 is 1.12 bits per heavy atom. The van der Waals surface area contributed by atoms with Crippen LogP contribution in [0.2, 0.25) is 0 Å². The van der Waals surface area contributed by atoms with Crippen LogP contribution in [0, 0.1) is 19.8 Å². The number of hydrogen-bond donors (Lipinski definition) is 2. The van der Waals surface area contributed by atoms with Crippen LogP contribution >= 0.6 is 11.3 Å². The van der Waals surface area contributed by atoms with Gasteiger partial charge < -0.3 is 10.6 Å². The molecule has 2 amide bonds. The van der Waals surface area contributed by atoms with Gasteiger partial charge in [-0.3, -0.25) is 9.59 Å². The van der Waals surface area contributed by atoms with E-state index >= 15 is 0 Å². The second kappa shape index (κ2) is 8.62. The average Bonchev–Trinajstić information content (AvgIpc) is 2.97. The van der Waals surface area contributed by atoms with Crippen molar-refractivity contribution >= 4 is 29.2 Å². The normalized spacial score (nSPS) is 11.5. The summed E-state index contributed by atoms with van der Waals surface area (Å²) in [5, 5.41) is 7.59. The topological polar surface area (TPSA) is 58.2 Å². The number of aryl methyl sites for hydroxylation is 2.